The summed E-state index contributed by atoms with van der Waals surface area (Å²) in [6.45, 7) is -0.626. The summed E-state index contributed by atoms with van der Waals surface area (Å²) in [5, 5.41) is 38.4. The van der Waals surface area contributed by atoms with E-state index >= 15 is 0 Å². The number of oxime groups is 1. The minimum Gasteiger partial charge on any atom is -0.399 e. The Labute approximate surface area is 69.7 Å². The molecule has 0 saturated carbocycles. The van der Waals surface area contributed by atoms with Gasteiger partial charge in [-0.25, -0.2) is 0 Å². The highest BCUT2D eigenvalue weighted by atomic mass is 16.6. The molecule has 6 heteroatoms. The fourth-order valence-electron chi connectivity index (χ4n) is 0.547. The lowest BCUT2D eigenvalue weighted by Crippen LogP contribution is -2.40. The topological polar surface area (TPSA) is 103 Å². The van der Waals surface area contributed by atoms with Gasteiger partial charge in [-0.05, 0) is 0 Å². The third kappa shape index (κ3) is 3.63. The molecule has 0 bridgehead atoms. The van der Waals surface area contributed by atoms with Crippen LogP contribution in [0.3, 0.4) is 0 Å². The number of hydrogen-bond acceptors (Lipinski definition) is 6. The van der Waals surface area contributed by atoms with Crippen molar-refractivity contribution in [3.05, 3.63) is 0 Å². The van der Waals surface area contributed by atoms with Gasteiger partial charge >= 0.3 is 0 Å². The van der Waals surface area contributed by atoms with Crippen molar-refractivity contribution in [2.24, 2.45) is 5.16 Å². The van der Waals surface area contributed by atoms with Crippen molar-refractivity contribution in [3.63, 3.8) is 0 Å². The van der Waals surface area contributed by atoms with Crippen molar-refractivity contribution < 1.29 is 25.3 Å². The van der Waals surface area contributed by atoms with E-state index in [0.29, 0.717) is 0 Å². The van der Waals surface area contributed by atoms with E-state index in [0.717, 1.165) is 6.21 Å². The Kier molecular flexibility index (Phi) is 5.56. The van der Waals surface area contributed by atoms with E-state index in [-0.39, 0.29) is 0 Å². The molecule has 0 aliphatic carbocycles. The Balaban J connectivity index is 3.91. The van der Waals surface area contributed by atoms with Crippen molar-refractivity contribution in [2.45, 2.75) is 18.3 Å². The maximum absolute atomic E-state index is 9.01. The zero-order valence-electron chi connectivity index (χ0n) is 6.66. The van der Waals surface area contributed by atoms with Gasteiger partial charge in [0.25, 0.3) is 0 Å². The molecule has 0 saturated heterocycles. The molecule has 0 amide bonds. The number of nitrogens with zero attached hydrogens (tertiary/aromatic N) is 1. The molecular formula is C6H13NO5. The van der Waals surface area contributed by atoms with Crippen LogP contribution in [0.25, 0.3) is 0 Å². The van der Waals surface area contributed by atoms with Crippen LogP contribution in [0.5, 0.6) is 0 Å². The van der Waals surface area contributed by atoms with Crippen LogP contribution in [0.15, 0.2) is 5.16 Å². The van der Waals surface area contributed by atoms with Gasteiger partial charge in [0.15, 0.2) is 0 Å². The largest absolute Gasteiger partial charge is 0.399 e. The molecule has 0 rings (SSSR count). The summed E-state index contributed by atoms with van der Waals surface area (Å²) in [6.07, 6.45) is -3.28. The average molecular weight is 179 g/mol. The highest BCUT2D eigenvalue weighted by molar-refractivity contribution is 5.62. The molecule has 0 aliphatic rings. The van der Waals surface area contributed by atoms with Gasteiger partial charge in [-0.1, -0.05) is 5.16 Å². The molecule has 3 atom stereocenters. The van der Waals surface area contributed by atoms with Gasteiger partial charge in [-0.15, -0.1) is 0 Å². The second-order valence-corrected chi connectivity index (χ2v) is 2.17. The summed E-state index contributed by atoms with van der Waals surface area (Å²) >= 11 is 0. The predicted molar refractivity (Wildman–Crippen MR) is 40.6 cm³/mol. The first-order chi connectivity index (χ1) is 5.63. The molecule has 0 fully saturated rings. The second kappa shape index (κ2) is 5.90. The molecule has 6 nitrogen and oxygen atoms in total. The third-order valence-electron chi connectivity index (χ3n) is 1.25. The van der Waals surface area contributed by atoms with Crippen LogP contribution in [-0.4, -0.2) is 58.7 Å². The van der Waals surface area contributed by atoms with Crippen LogP contribution in [0.1, 0.15) is 0 Å². The van der Waals surface area contributed by atoms with Crippen LogP contribution in [0.2, 0.25) is 0 Å². The molecule has 0 aliphatic heterocycles. The summed E-state index contributed by atoms with van der Waals surface area (Å²) < 4.78 is 0. The van der Waals surface area contributed by atoms with Crippen LogP contribution in [-0.2, 0) is 4.84 Å². The summed E-state index contributed by atoms with van der Waals surface area (Å²) in [4.78, 5) is 4.23. The van der Waals surface area contributed by atoms with Crippen molar-refractivity contribution in [3.8, 4) is 0 Å². The van der Waals surface area contributed by atoms with Gasteiger partial charge in [0.2, 0.25) is 0 Å². The van der Waals surface area contributed by atoms with Crippen LogP contribution in [0.4, 0.5) is 0 Å². The lowest BCUT2D eigenvalue weighted by atomic mass is 10.1. The van der Waals surface area contributed by atoms with E-state index in [4.69, 9.17) is 20.4 Å². The van der Waals surface area contributed by atoms with Crippen molar-refractivity contribution >= 4 is 6.21 Å². The Hall–Kier alpha value is -0.690. The smallest absolute Gasteiger partial charge is 0.121 e. The fourth-order valence-corrected chi connectivity index (χ4v) is 0.547. The van der Waals surface area contributed by atoms with Gasteiger partial charge in [-0.2, -0.15) is 0 Å². The molecule has 12 heavy (non-hydrogen) atoms. The summed E-state index contributed by atoms with van der Waals surface area (Å²) in [5.74, 6) is 0. The Morgan fingerprint density at radius 3 is 2.42 bits per heavy atom. The first kappa shape index (κ1) is 11.3. The second-order valence-electron chi connectivity index (χ2n) is 2.17. The SMILES string of the molecule is CON=C[C@@H](O)[C@H](O)[C@H](O)CO. The Morgan fingerprint density at radius 1 is 1.42 bits per heavy atom. The van der Waals surface area contributed by atoms with Gasteiger partial charge in [0, 0.05) is 0 Å². The monoisotopic (exact) mass is 179 g/mol. The van der Waals surface area contributed by atoms with Gasteiger partial charge in [0.05, 0.1) is 12.8 Å². The minimum absolute atomic E-state index is 0.626. The van der Waals surface area contributed by atoms with Crippen LogP contribution >= 0.6 is 0 Å². The van der Waals surface area contributed by atoms with Crippen LogP contribution in [0, 0.1) is 0 Å². The maximum atomic E-state index is 9.01. The molecule has 72 valence electrons. The molecule has 0 radical (unpaired) electrons. The van der Waals surface area contributed by atoms with Crippen LogP contribution < -0.4 is 0 Å². The Bertz CT molecular complexity index is 140. The Morgan fingerprint density at radius 2 is 2.00 bits per heavy atom. The van der Waals surface area contributed by atoms with E-state index in [1.165, 1.54) is 7.11 Å². The highest BCUT2D eigenvalue weighted by Crippen LogP contribution is 1.97. The van der Waals surface area contributed by atoms with E-state index in [2.05, 4.69) is 9.99 Å². The van der Waals surface area contributed by atoms with E-state index in [1.54, 1.807) is 0 Å². The summed E-state index contributed by atoms with van der Waals surface area (Å²) in [6, 6.07) is 0. The van der Waals surface area contributed by atoms with E-state index in [1.807, 2.05) is 0 Å². The van der Waals surface area contributed by atoms with E-state index < -0.39 is 24.9 Å². The quantitative estimate of drug-likeness (QED) is 0.280. The zero-order chi connectivity index (χ0) is 9.56. The molecule has 0 aromatic carbocycles. The molecule has 0 aromatic rings. The highest BCUT2D eigenvalue weighted by Gasteiger charge is 2.22. The van der Waals surface area contributed by atoms with Crippen molar-refractivity contribution in [1.82, 2.24) is 0 Å². The predicted octanol–water partition coefficient (Wildman–Crippen LogP) is -2.31. The molecule has 0 heterocycles. The summed E-state index contributed by atoms with van der Waals surface area (Å²) in [5.41, 5.74) is 0. The van der Waals surface area contributed by atoms with Gasteiger partial charge < -0.3 is 25.3 Å². The molecule has 0 aromatic heterocycles. The maximum Gasteiger partial charge on any atom is 0.121 e. The molecular weight excluding hydrogens is 166 g/mol. The first-order valence-electron chi connectivity index (χ1n) is 3.35. The third-order valence-corrected chi connectivity index (χ3v) is 1.25. The average Bonchev–Trinajstić information content (AvgIpc) is 2.11. The number of hydrogen-bond donors (Lipinski definition) is 4. The molecule has 0 spiro atoms. The standard InChI is InChI=1S/C6H13NO5/c1-12-7-2-4(9)6(11)5(10)3-8/h2,4-6,8-11H,3H2,1H3/t4-,5-,6+/m1/s1. The first-order valence-corrected chi connectivity index (χ1v) is 3.35. The number of aliphatic hydroxyl groups is 4. The molecule has 0 unspecified atom stereocenters. The van der Waals surface area contributed by atoms with Gasteiger partial charge in [-0.3, -0.25) is 0 Å². The van der Waals surface area contributed by atoms with Crippen molar-refractivity contribution in [2.75, 3.05) is 13.7 Å². The zero-order valence-corrected chi connectivity index (χ0v) is 6.66. The van der Waals surface area contributed by atoms with E-state index in [9.17, 15) is 0 Å². The number of rotatable bonds is 5. The van der Waals surface area contributed by atoms with Gasteiger partial charge in [0.1, 0.15) is 25.4 Å². The lowest BCUT2D eigenvalue weighted by molar-refractivity contribution is -0.0547. The fraction of sp³-hybridized carbons (Fsp3) is 0.833. The molecule has 4 N–H and O–H groups in total. The van der Waals surface area contributed by atoms with Crippen molar-refractivity contribution in [1.29, 1.82) is 0 Å². The lowest BCUT2D eigenvalue weighted by Gasteiger charge is -2.17. The minimum atomic E-state index is -1.46. The normalized spacial score (nSPS) is 19.1. The number of aliphatic hydroxyl groups excluding tert-OH is 4. The summed E-state index contributed by atoms with van der Waals surface area (Å²) in [7, 11) is 1.28.